The number of aromatic amines is 1. The van der Waals surface area contributed by atoms with Crippen molar-refractivity contribution in [2.24, 2.45) is 13.0 Å². The zero-order valence-electron chi connectivity index (χ0n) is 13.8. The van der Waals surface area contributed by atoms with Crippen LogP contribution in [0, 0.1) is 12.8 Å². The highest BCUT2D eigenvalue weighted by Crippen LogP contribution is 2.48. The Morgan fingerprint density at radius 1 is 1.38 bits per heavy atom. The van der Waals surface area contributed by atoms with Crippen LogP contribution in [-0.4, -0.2) is 33.0 Å². The Bertz CT molecular complexity index is 909. The minimum absolute atomic E-state index is 0.00581. The van der Waals surface area contributed by atoms with Gasteiger partial charge in [-0.2, -0.15) is 10.2 Å². The first-order chi connectivity index (χ1) is 11.6. The summed E-state index contributed by atoms with van der Waals surface area (Å²) in [5.74, 6) is 1.73. The van der Waals surface area contributed by atoms with Gasteiger partial charge in [-0.05, 0) is 37.0 Å². The third-order valence-electron chi connectivity index (χ3n) is 4.63. The number of hydrogen-bond acceptors (Lipinski definition) is 4. The van der Waals surface area contributed by atoms with Gasteiger partial charge in [-0.3, -0.25) is 9.89 Å². The molecule has 4 rings (SSSR count). The van der Waals surface area contributed by atoms with Gasteiger partial charge in [0.2, 0.25) is 5.91 Å². The van der Waals surface area contributed by atoms with Crippen molar-refractivity contribution < 1.29 is 9.53 Å². The van der Waals surface area contributed by atoms with Crippen LogP contribution in [-0.2, 0) is 11.8 Å². The molecule has 0 spiro atoms. The summed E-state index contributed by atoms with van der Waals surface area (Å²) in [7, 11) is 3.48. The second kappa shape index (κ2) is 5.36. The Labute approximate surface area is 139 Å². The molecule has 2 heterocycles. The van der Waals surface area contributed by atoms with Crippen LogP contribution in [0.1, 0.15) is 23.6 Å². The van der Waals surface area contributed by atoms with Crippen LogP contribution >= 0.6 is 0 Å². The van der Waals surface area contributed by atoms with Crippen molar-refractivity contribution in [2.75, 3.05) is 12.4 Å². The second-order valence-electron chi connectivity index (χ2n) is 6.22. The number of nitrogens with zero attached hydrogens (tertiary/aromatic N) is 3. The van der Waals surface area contributed by atoms with Crippen molar-refractivity contribution in [3.63, 3.8) is 0 Å². The Morgan fingerprint density at radius 2 is 2.12 bits per heavy atom. The SMILES string of the molecule is COc1ccc(C2CC2C(=O)Nc2[nH]nc3c2c(C)nn3C)cc1. The molecule has 3 aromatic rings. The molecule has 1 fully saturated rings. The molecule has 1 saturated carbocycles. The molecule has 1 aliphatic rings. The minimum Gasteiger partial charge on any atom is -0.497 e. The lowest BCUT2D eigenvalue weighted by molar-refractivity contribution is -0.117. The van der Waals surface area contributed by atoms with E-state index in [4.69, 9.17) is 4.74 Å². The number of amides is 1. The number of aromatic nitrogens is 4. The molecule has 2 unspecified atom stereocenters. The predicted molar refractivity (Wildman–Crippen MR) is 90.1 cm³/mol. The quantitative estimate of drug-likeness (QED) is 0.771. The standard InChI is InChI=1S/C17H19N5O2/c1-9-14-15(19-20-16(14)22(2)21-9)18-17(23)13-8-12(13)10-4-6-11(24-3)7-5-10/h4-7,12-13H,8H2,1-3H3,(H2,18,19,20,23). The highest BCUT2D eigenvalue weighted by atomic mass is 16.5. The normalized spacial score (nSPS) is 19.5. The molecule has 0 aliphatic heterocycles. The fourth-order valence-corrected chi connectivity index (χ4v) is 3.24. The van der Waals surface area contributed by atoms with Gasteiger partial charge in [-0.15, -0.1) is 0 Å². The summed E-state index contributed by atoms with van der Waals surface area (Å²) in [6.45, 7) is 1.91. The first kappa shape index (κ1) is 14.7. The second-order valence-corrected chi connectivity index (χ2v) is 6.22. The van der Waals surface area contributed by atoms with Crippen LogP contribution in [0.25, 0.3) is 11.0 Å². The van der Waals surface area contributed by atoms with Gasteiger partial charge in [0.15, 0.2) is 5.65 Å². The maximum atomic E-state index is 12.5. The number of nitrogens with one attached hydrogen (secondary N) is 2. The van der Waals surface area contributed by atoms with Crippen LogP contribution in [0.2, 0.25) is 0 Å². The van der Waals surface area contributed by atoms with Crippen molar-refractivity contribution in [1.29, 1.82) is 0 Å². The largest absolute Gasteiger partial charge is 0.497 e. The topological polar surface area (TPSA) is 84.8 Å². The smallest absolute Gasteiger partial charge is 0.229 e. The van der Waals surface area contributed by atoms with Crippen LogP contribution in [0.5, 0.6) is 5.75 Å². The van der Waals surface area contributed by atoms with Crippen LogP contribution in [0.4, 0.5) is 5.82 Å². The minimum atomic E-state index is -0.00581. The first-order valence-corrected chi connectivity index (χ1v) is 7.91. The molecule has 1 amide bonds. The predicted octanol–water partition coefficient (Wildman–Crippen LogP) is 2.36. The number of methoxy groups -OCH3 is 1. The number of ether oxygens (including phenoxy) is 1. The van der Waals surface area contributed by atoms with Gasteiger partial charge < -0.3 is 10.1 Å². The number of fused-ring (bicyclic) bond motifs is 1. The maximum absolute atomic E-state index is 12.5. The van der Waals surface area contributed by atoms with Crippen molar-refractivity contribution in [2.45, 2.75) is 19.3 Å². The summed E-state index contributed by atoms with van der Waals surface area (Å²) >= 11 is 0. The van der Waals surface area contributed by atoms with Crippen molar-refractivity contribution >= 4 is 22.8 Å². The molecule has 1 aliphatic carbocycles. The average Bonchev–Trinajstić information content (AvgIpc) is 3.20. The monoisotopic (exact) mass is 325 g/mol. The number of carbonyl (C=O) groups excluding carboxylic acids is 1. The lowest BCUT2D eigenvalue weighted by Gasteiger charge is -2.04. The first-order valence-electron chi connectivity index (χ1n) is 7.91. The van der Waals surface area contributed by atoms with E-state index in [0.717, 1.165) is 28.9 Å². The van der Waals surface area contributed by atoms with Gasteiger partial charge in [-0.25, -0.2) is 4.68 Å². The molecule has 0 bridgehead atoms. The summed E-state index contributed by atoms with van der Waals surface area (Å²) in [6, 6.07) is 7.91. The van der Waals surface area contributed by atoms with Gasteiger partial charge in [0.1, 0.15) is 11.6 Å². The summed E-state index contributed by atoms with van der Waals surface area (Å²) < 4.78 is 6.87. The summed E-state index contributed by atoms with van der Waals surface area (Å²) in [6.07, 6.45) is 0.863. The Hall–Kier alpha value is -2.83. The number of rotatable bonds is 4. The molecule has 2 aromatic heterocycles. The van der Waals surface area contributed by atoms with Gasteiger partial charge >= 0.3 is 0 Å². The van der Waals surface area contributed by atoms with E-state index in [1.165, 1.54) is 5.56 Å². The van der Waals surface area contributed by atoms with E-state index in [-0.39, 0.29) is 17.7 Å². The number of H-pyrrole nitrogens is 1. The Morgan fingerprint density at radius 3 is 2.83 bits per heavy atom. The molecule has 0 radical (unpaired) electrons. The molecule has 7 nitrogen and oxygen atoms in total. The molecule has 0 saturated heterocycles. The van der Waals surface area contributed by atoms with E-state index in [1.807, 2.05) is 38.2 Å². The van der Waals surface area contributed by atoms with Crippen molar-refractivity contribution in [1.82, 2.24) is 20.0 Å². The van der Waals surface area contributed by atoms with Crippen molar-refractivity contribution in [3.8, 4) is 5.75 Å². The number of carbonyl (C=O) groups is 1. The number of hydrogen-bond donors (Lipinski definition) is 2. The summed E-state index contributed by atoms with van der Waals surface area (Å²) in [5.41, 5.74) is 2.76. The highest BCUT2D eigenvalue weighted by Gasteiger charge is 2.44. The number of anilines is 1. The Balaban J connectivity index is 1.49. The summed E-state index contributed by atoms with van der Waals surface area (Å²) in [5, 5.41) is 15.3. The molecule has 2 N–H and O–H groups in total. The van der Waals surface area contributed by atoms with E-state index in [1.54, 1.807) is 11.8 Å². The molecular formula is C17H19N5O2. The molecule has 1 aromatic carbocycles. The van der Waals surface area contributed by atoms with E-state index >= 15 is 0 Å². The lowest BCUT2D eigenvalue weighted by atomic mass is 10.1. The van der Waals surface area contributed by atoms with Gasteiger partial charge in [0.05, 0.1) is 18.2 Å². The van der Waals surface area contributed by atoms with Crippen LogP contribution < -0.4 is 10.1 Å². The maximum Gasteiger partial charge on any atom is 0.229 e. The number of benzene rings is 1. The Kier molecular flexibility index (Phi) is 3.30. The van der Waals surface area contributed by atoms with Crippen molar-refractivity contribution in [3.05, 3.63) is 35.5 Å². The molecule has 124 valence electrons. The fraction of sp³-hybridized carbons (Fsp3) is 0.353. The fourth-order valence-electron chi connectivity index (χ4n) is 3.24. The van der Waals surface area contributed by atoms with Gasteiger partial charge in [0, 0.05) is 13.0 Å². The zero-order chi connectivity index (χ0) is 16.8. The lowest BCUT2D eigenvalue weighted by Crippen LogP contribution is -2.15. The third-order valence-corrected chi connectivity index (χ3v) is 4.63. The summed E-state index contributed by atoms with van der Waals surface area (Å²) in [4.78, 5) is 12.5. The van der Waals surface area contributed by atoms with Crippen LogP contribution in [0.15, 0.2) is 24.3 Å². The highest BCUT2D eigenvalue weighted by molar-refractivity contribution is 6.02. The average molecular weight is 325 g/mol. The van der Waals surface area contributed by atoms with E-state index < -0.39 is 0 Å². The molecule has 24 heavy (non-hydrogen) atoms. The van der Waals surface area contributed by atoms with E-state index in [2.05, 4.69) is 20.6 Å². The number of aryl methyl sites for hydroxylation is 2. The van der Waals surface area contributed by atoms with E-state index in [0.29, 0.717) is 5.82 Å². The van der Waals surface area contributed by atoms with Gasteiger partial charge in [-0.1, -0.05) is 12.1 Å². The molecular weight excluding hydrogens is 306 g/mol. The molecule has 2 atom stereocenters. The van der Waals surface area contributed by atoms with E-state index in [9.17, 15) is 4.79 Å². The zero-order valence-corrected chi connectivity index (χ0v) is 13.8. The van der Waals surface area contributed by atoms with Gasteiger partial charge in [0.25, 0.3) is 0 Å². The van der Waals surface area contributed by atoms with Crippen LogP contribution in [0.3, 0.4) is 0 Å². The molecule has 7 heteroatoms. The third kappa shape index (κ3) is 2.33.